The maximum absolute atomic E-state index is 14.4. The van der Waals surface area contributed by atoms with Gasteiger partial charge in [-0.1, -0.05) is 11.2 Å². The molecular formula is C15H14FN5O5. The Kier molecular flexibility index (Phi) is 4.52. The molecule has 1 aliphatic rings. The number of ether oxygens (including phenoxy) is 1. The average Bonchev–Trinajstić information content (AvgIpc) is 3.19. The maximum atomic E-state index is 14.4. The minimum atomic E-state index is -0.961. The lowest BCUT2D eigenvalue weighted by Gasteiger charge is -2.16. The van der Waals surface area contributed by atoms with Crippen molar-refractivity contribution in [3.63, 3.8) is 0 Å². The minimum Gasteiger partial charge on any atom is -0.442 e. The van der Waals surface area contributed by atoms with Crippen LogP contribution in [0.3, 0.4) is 0 Å². The predicted octanol–water partition coefficient (Wildman–Crippen LogP) is 0.436. The van der Waals surface area contributed by atoms with Crippen LogP contribution >= 0.6 is 0 Å². The molecule has 0 aliphatic carbocycles. The number of hydrogen-bond donors (Lipinski definition) is 2. The van der Waals surface area contributed by atoms with Crippen LogP contribution in [0.2, 0.25) is 0 Å². The Morgan fingerprint density at radius 3 is 2.88 bits per heavy atom. The van der Waals surface area contributed by atoms with Gasteiger partial charge in [-0.2, -0.15) is 4.98 Å². The molecule has 3 amide bonds. The Morgan fingerprint density at radius 1 is 1.46 bits per heavy atom. The summed E-state index contributed by atoms with van der Waals surface area (Å²) in [6.07, 6.45) is -1.32. The van der Waals surface area contributed by atoms with Crippen LogP contribution in [0, 0.1) is 5.82 Å². The van der Waals surface area contributed by atoms with Gasteiger partial charge in [-0.25, -0.2) is 9.18 Å². The van der Waals surface area contributed by atoms with Crippen molar-refractivity contribution in [3.05, 3.63) is 29.9 Å². The molecule has 0 radical (unpaired) electrons. The van der Waals surface area contributed by atoms with E-state index in [0.29, 0.717) is 0 Å². The lowest BCUT2D eigenvalue weighted by Crippen LogP contribution is -2.33. The number of amides is 3. The van der Waals surface area contributed by atoms with Crippen LogP contribution in [0.1, 0.15) is 17.6 Å². The van der Waals surface area contributed by atoms with Gasteiger partial charge in [0.25, 0.3) is 0 Å². The Morgan fingerprint density at radius 2 is 2.23 bits per heavy atom. The van der Waals surface area contributed by atoms with Gasteiger partial charge in [0, 0.05) is 6.92 Å². The Bertz CT molecular complexity index is 883. The van der Waals surface area contributed by atoms with Crippen LogP contribution < -0.4 is 16.0 Å². The average molecular weight is 363 g/mol. The number of anilines is 1. The zero-order valence-electron chi connectivity index (χ0n) is 13.6. The number of hydrogen-bond acceptors (Lipinski definition) is 7. The lowest BCUT2D eigenvalue weighted by atomic mass is 10.1. The fourth-order valence-electron chi connectivity index (χ4n) is 2.47. The molecule has 26 heavy (non-hydrogen) atoms. The second-order valence-electron chi connectivity index (χ2n) is 5.47. The number of cyclic esters (lactones) is 1. The number of aromatic nitrogens is 2. The third kappa shape index (κ3) is 3.31. The molecule has 0 spiro atoms. The first kappa shape index (κ1) is 17.3. The molecule has 3 N–H and O–H groups in total. The van der Waals surface area contributed by atoms with Gasteiger partial charge in [0.2, 0.25) is 11.7 Å². The highest BCUT2D eigenvalue weighted by molar-refractivity contribution is 5.95. The zero-order chi connectivity index (χ0) is 18.8. The highest BCUT2D eigenvalue weighted by Gasteiger charge is 2.35. The van der Waals surface area contributed by atoms with Gasteiger partial charge in [-0.3, -0.25) is 14.5 Å². The second kappa shape index (κ2) is 6.78. The van der Waals surface area contributed by atoms with Gasteiger partial charge < -0.3 is 20.3 Å². The molecule has 11 heteroatoms. The number of halogens is 1. The van der Waals surface area contributed by atoms with Crippen LogP contribution in [0.15, 0.2) is 22.7 Å². The first-order valence-corrected chi connectivity index (χ1v) is 7.51. The fourth-order valence-corrected chi connectivity index (χ4v) is 2.47. The van der Waals surface area contributed by atoms with Crippen molar-refractivity contribution < 1.29 is 28.0 Å². The second-order valence-corrected chi connectivity index (χ2v) is 5.47. The normalized spacial score (nSPS) is 16.5. The van der Waals surface area contributed by atoms with Crippen LogP contribution in [0.5, 0.6) is 0 Å². The molecular weight excluding hydrogens is 349 g/mol. The summed E-state index contributed by atoms with van der Waals surface area (Å²) in [6, 6.07) is 4.02. The molecule has 1 unspecified atom stereocenters. The first-order chi connectivity index (χ1) is 12.4. The van der Waals surface area contributed by atoms with Crippen molar-refractivity contribution in [2.75, 3.05) is 18.0 Å². The summed E-state index contributed by atoms with van der Waals surface area (Å²) in [4.78, 5) is 39.2. The van der Waals surface area contributed by atoms with E-state index in [9.17, 15) is 18.8 Å². The summed E-state index contributed by atoms with van der Waals surface area (Å²) in [7, 11) is 0. The highest BCUT2D eigenvalue weighted by atomic mass is 19.1. The van der Waals surface area contributed by atoms with Gasteiger partial charge in [0.05, 0.1) is 24.3 Å². The van der Waals surface area contributed by atoms with Crippen molar-refractivity contribution in [1.82, 2.24) is 15.5 Å². The van der Waals surface area contributed by atoms with Gasteiger partial charge in [-0.15, -0.1) is 0 Å². The lowest BCUT2D eigenvalue weighted by molar-refractivity contribution is -0.119. The standard InChI is InChI=1S/C15H14FN5O5/c1-7(22)18-5-8-6-21(15(24)25-8)10-4-2-3-9(16)11(10)13-19-14(12(17)23)26-20-13/h2-4,8H,5-6H2,1H3,(H2,17,23)(H,18,22). The molecule has 1 fully saturated rings. The quantitative estimate of drug-likeness (QED) is 0.785. The van der Waals surface area contributed by atoms with Gasteiger partial charge in [0.1, 0.15) is 11.9 Å². The Labute approximate surface area is 146 Å². The number of carbonyl (C=O) groups excluding carboxylic acids is 3. The largest absolute Gasteiger partial charge is 0.442 e. The van der Waals surface area contributed by atoms with Gasteiger partial charge in [-0.05, 0) is 12.1 Å². The van der Waals surface area contributed by atoms with Crippen LogP contribution in [0.4, 0.5) is 14.9 Å². The van der Waals surface area contributed by atoms with E-state index in [0.717, 1.165) is 6.07 Å². The predicted molar refractivity (Wildman–Crippen MR) is 84.5 cm³/mol. The molecule has 0 bridgehead atoms. The van der Waals surface area contributed by atoms with E-state index < -0.39 is 29.8 Å². The molecule has 2 aromatic rings. The van der Waals surface area contributed by atoms with E-state index in [1.54, 1.807) is 0 Å². The van der Waals surface area contributed by atoms with Crippen molar-refractivity contribution in [2.45, 2.75) is 13.0 Å². The van der Waals surface area contributed by atoms with E-state index in [4.69, 9.17) is 10.5 Å². The van der Waals surface area contributed by atoms with E-state index in [1.807, 2.05) is 0 Å². The molecule has 10 nitrogen and oxygen atoms in total. The number of rotatable bonds is 5. The number of nitrogens with zero attached hydrogens (tertiary/aromatic N) is 3. The SMILES string of the molecule is CC(=O)NCC1CN(c2cccc(F)c2-c2noc(C(N)=O)n2)C(=O)O1. The summed E-state index contributed by atoms with van der Waals surface area (Å²) in [6.45, 7) is 1.54. The third-order valence-corrected chi connectivity index (χ3v) is 3.60. The van der Waals surface area contributed by atoms with Crippen LogP contribution in [-0.4, -0.2) is 47.2 Å². The summed E-state index contributed by atoms with van der Waals surface area (Å²) in [5.74, 6) is -2.67. The Hall–Kier alpha value is -3.50. The van der Waals surface area contributed by atoms with Crippen molar-refractivity contribution in [3.8, 4) is 11.4 Å². The van der Waals surface area contributed by atoms with E-state index in [1.165, 1.54) is 24.0 Å². The van der Waals surface area contributed by atoms with Crippen LogP contribution in [0.25, 0.3) is 11.4 Å². The van der Waals surface area contributed by atoms with E-state index in [2.05, 4.69) is 20.0 Å². The Balaban J connectivity index is 1.93. The smallest absolute Gasteiger partial charge is 0.414 e. The van der Waals surface area contributed by atoms with E-state index >= 15 is 0 Å². The number of primary amides is 1. The minimum absolute atomic E-state index is 0.0795. The summed E-state index contributed by atoms with van der Waals surface area (Å²) >= 11 is 0. The van der Waals surface area contributed by atoms with Crippen molar-refractivity contribution in [1.29, 1.82) is 0 Å². The topological polar surface area (TPSA) is 141 Å². The number of nitrogens with one attached hydrogen (secondary N) is 1. The molecule has 136 valence electrons. The van der Waals surface area contributed by atoms with E-state index in [-0.39, 0.29) is 36.1 Å². The number of nitrogens with two attached hydrogens (primary N) is 1. The molecule has 1 aromatic heterocycles. The number of carbonyl (C=O) groups is 3. The monoisotopic (exact) mass is 363 g/mol. The maximum Gasteiger partial charge on any atom is 0.414 e. The summed E-state index contributed by atoms with van der Waals surface area (Å²) in [5.41, 5.74) is 5.05. The molecule has 2 heterocycles. The zero-order valence-corrected chi connectivity index (χ0v) is 13.6. The third-order valence-electron chi connectivity index (χ3n) is 3.60. The molecule has 1 saturated heterocycles. The molecule has 1 atom stereocenters. The van der Waals surface area contributed by atoms with Gasteiger partial charge in [0.15, 0.2) is 0 Å². The number of benzene rings is 1. The fraction of sp³-hybridized carbons (Fsp3) is 0.267. The molecule has 1 aromatic carbocycles. The molecule has 1 aliphatic heterocycles. The first-order valence-electron chi connectivity index (χ1n) is 7.51. The molecule has 3 rings (SSSR count). The van der Waals surface area contributed by atoms with Crippen molar-refractivity contribution >= 4 is 23.6 Å². The summed E-state index contributed by atoms with van der Waals surface area (Å²) < 4.78 is 24.3. The molecule has 0 saturated carbocycles. The summed E-state index contributed by atoms with van der Waals surface area (Å²) in [5, 5.41) is 6.09. The van der Waals surface area contributed by atoms with Crippen LogP contribution in [-0.2, 0) is 9.53 Å². The van der Waals surface area contributed by atoms with Gasteiger partial charge >= 0.3 is 17.9 Å². The highest BCUT2D eigenvalue weighted by Crippen LogP contribution is 2.34. The van der Waals surface area contributed by atoms with Crippen molar-refractivity contribution in [2.24, 2.45) is 5.73 Å².